The van der Waals surface area contributed by atoms with Crippen LogP contribution in [0.1, 0.15) is 29.9 Å². The highest BCUT2D eigenvalue weighted by molar-refractivity contribution is 9.10. The molecule has 1 aromatic carbocycles. The normalized spacial score (nSPS) is 17.0. The van der Waals surface area contributed by atoms with Gasteiger partial charge in [0.15, 0.2) is 0 Å². The summed E-state index contributed by atoms with van der Waals surface area (Å²) < 4.78 is 26.2. The minimum absolute atomic E-state index is 0.173. The Labute approximate surface area is 155 Å². The van der Waals surface area contributed by atoms with Gasteiger partial charge in [0.05, 0.1) is 6.42 Å². The van der Waals surface area contributed by atoms with E-state index in [0.29, 0.717) is 13.1 Å². The average molecular weight is 426 g/mol. The smallest absolute Gasteiger partial charge is 0.235 e. The van der Waals surface area contributed by atoms with Crippen LogP contribution in [0.4, 0.5) is 0 Å². The van der Waals surface area contributed by atoms with Crippen molar-refractivity contribution in [3.05, 3.63) is 45.9 Å². The van der Waals surface area contributed by atoms with Gasteiger partial charge in [-0.2, -0.15) is 4.31 Å². The molecule has 0 saturated carbocycles. The number of fused-ring (bicyclic) bond motifs is 1. The molecular formula is C17H20BrN3O3S. The Balaban J connectivity index is 1.89. The van der Waals surface area contributed by atoms with Gasteiger partial charge in [-0.1, -0.05) is 22.5 Å². The number of hydrogen-bond acceptors (Lipinski definition) is 3. The number of hydrogen-bond donors (Lipinski definition) is 2. The van der Waals surface area contributed by atoms with Gasteiger partial charge in [0, 0.05) is 40.1 Å². The van der Waals surface area contributed by atoms with E-state index in [1.54, 1.807) is 0 Å². The molecule has 2 aromatic rings. The summed E-state index contributed by atoms with van der Waals surface area (Å²) in [6, 6.07) is 3.92. The van der Waals surface area contributed by atoms with Crippen LogP contribution >= 0.6 is 15.9 Å². The molecule has 1 amide bonds. The van der Waals surface area contributed by atoms with Gasteiger partial charge in [0.25, 0.3) is 0 Å². The van der Waals surface area contributed by atoms with Gasteiger partial charge in [-0.15, -0.1) is 0 Å². The molecule has 0 radical (unpaired) electrons. The fourth-order valence-electron chi connectivity index (χ4n) is 3.48. The van der Waals surface area contributed by atoms with E-state index in [4.69, 9.17) is 5.73 Å². The molecule has 1 fully saturated rings. The van der Waals surface area contributed by atoms with Crippen LogP contribution in [0.3, 0.4) is 0 Å². The maximum absolute atomic E-state index is 11.9. The number of aromatic nitrogens is 1. The van der Waals surface area contributed by atoms with Gasteiger partial charge in [-0.25, -0.2) is 8.42 Å². The predicted molar refractivity (Wildman–Crippen MR) is 102 cm³/mol. The minimum atomic E-state index is -3.35. The summed E-state index contributed by atoms with van der Waals surface area (Å²) in [5, 5.41) is 2.06. The summed E-state index contributed by atoms with van der Waals surface area (Å²) in [6.45, 7) is 4.34. The highest BCUT2D eigenvalue weighted by atomic mass is 79.9. The fraction of sp³-hybridized carbons (Fsp3) is 0.353. The van der Waals surface area contributed by atoms with Crippen molar-refractivity contribution in [2.45, 2.75) is 25.2 Å². The topological polar surface area (TPSA) is 96.3 Å². The zero-order valence-corrected chi connectivity index (χ0v) is 16.1. The Morgan fingerprint density at radius 2 is 2.08 bits per heavy atom. The van der Waals surface area contributed by atoms with E-state index in [0.717, 1.165) is 44.8 Å². The Hall–Kier alpha value is -1.64. The largest absolute Gasteiger partial charge is 0.369 e. The second kappa shape index (κ2) is 6.93. The van der Waals surface area contributed by atoms with Crippen molar-refractivity contribution in [1.29, 1.82) is 0 Å². The number of sulfonamides is 1. The highest BCUT2D eigenvalue weighted by Gasteiger charge is 2.28. The molecule has 3 rings (SSSR count). The third kappa shape index (κ3) is 3.65. The Bertz CT molecular complexity index is 928. The average Bonchev–Trinajstić information content (AvgIpc) is 2.98. The first-order valence-electron chi connectivity index (χ1n) is 8.02. The lowest BCUT2D eigenvalue weighted by molar-refractivity contribution is -0.117. The molecule has 1 aromatic heterocycles. The molecule has 3 N–H and O–H groups in total. The van der Waals surface area contributed by atoms with Gasteiger partial charge < -0.3 is 10.7 Å². The molecule has 1 aliphatic heterocycles. The second-order valence-electron chi connectivity index (χ2n) is 6.26. The number of carbonyl (C=O) groups is 1. The van der Waals surface area contributed by atoms with Crippen molar-refractivity contribution in [2.24, 2.45) is 5.73 Å². The number of aromatic amines is 1. The van der Waals surface area contributed by atoms with E-state index < -0.39 is 10.0 Å². The quantitative estimate of drug-likeness (QED) is 0.769. The summed E-state index contributed by atoms with van der Waals surface area (Å²) in [7, 11) is -3.35. The molecule has 0 aliphatic carbocycles. The molecule has 8 heteroatoms. The lowest BCUT2D eigenvalue weighted by Gasteiger charge is -2.30. The van der Waals surface area contributed by atoms with Gasteiger partial charge in [0.1, 0.15) is 0 Å². The molecular weight excluding hydrogens is 406 g/mol. The van der Waals surface area contributed by atoms with Crippen molar-refractivity contribution < 1.29 is 13.2 Å². The number of carbonyl (C=O) groups excluding carboxylic acids is 1. The Morgan fingerprint density at radius 1 is 1.40 bits per heavy atom. The van der Waals surface area contributed by atoms with Crippen molar-refractivity contribution in [3.8, 4) is 0 Å². The fourth-order valence-corrected chi connectivity index (χ4v) is 4.92. The molecule has 6 nitrogen and oxygen atoms in total. The number of halogens is 1. The van der Waals surface area contributed by atoms with Gasteiger partial charge in [-0.05, 0) is 42.0 Å². The maximum Gasteiger partial charge on any atom is 0.235 e. The summed E-state index contributed by atoms with van der Waals surface area (Å²) in [5.74, 6) is -0.112. The third-order valence-electron chi connectivity index (χ3n) is 4.70. The monoisotopic (exact) mass is 425 g/mol. The highest BCUT2D eigenvalue weighted by Crippen LogP contribution is 2.36. The second-order valence-corrected chi connectivity index (χ2v) is 9.05. The van der Waals surface area contributed by atoms with Crippen LogP contribution in [-0.2, 0) is 21.2 Å². The Kier molecular flexibility index (Phi) is 5.04. The van der Waals surface area contributed by atoms with Crippen molar-refractivity contribution in [3.63, 3.8) is 0 Å². The van der Waals surface area contributed by atoms with Crippen LogP contribution in [0.5, 0.6) is 0 Å². The molecule has 1 aliphatic rings. The van der Waals surface area contributed by atoms with E-state index in [2.05, 4.69) is 27.5 Å². The first-order chi connectivity index (χ1) is 11.8. The van der Waals surface area contributed by atoms with E-state index in [1.807, 2.05) is 18.3 Å². The number of primary amides is 1. The minimum Gasteiger partial charge on any atom is -0.369 e. The molecule has 2 heterocycles. The standard InChI is InChI=1S/C17H20BrN3O3S/c1-2-25(23,24)21-5-3-11(4-6-21)15-10-20-17-12(8-16(19)22)7-13(18)9-14(15)17/h2,7,9-11,20H,1,3-6,8H2,(H2,19,22). The number of nitrogens with two attached hydrogens (primary N) is 1. The van der Waals surface area contributed by atoms with E-state index in [1.165, 1.54) is 4.31 Å². The number of nitrogens with zero attached hydrogens (tertiary/aromatic N) is 1. The summed E-state index contributed by atoms with van der Waals surface area (Å²) in [4.78, 5) is 14.6. The number of benzene rings is 1. The van der Waals surface area contributed by atoms with Crippen LogP contribution in [-0.4, -0.2) is 36.7 Å². The SMILES string of the molecule is C=CS(=O)(=O)N1CCC(c2c[nH]c3c(CC(N)=O)cc(Br)cc23)CC1. The molecule has 25 heavy (non-hydrogen) atoms. The molecule has 134 valence electrons. The molecule has 1 saturated heterocycles. The first kappa shape index (κ1) is 18.2. The molecule has 0 bridgehead atoms. The van der Waals surface area contributed by atoms with Crippen molar-refractivity contribution in [2.75, 3.05) is 13.1 Å². The summed E-state index contributed by atoms with van der Waals surface area (Å²) in [6.07, 6.45) is 3.63. The summed E-state index contributed by atoms with van der Waals surface area (Å²) in [5.41, 5.74) is 8.27. The van der Waals surface area contributed by atoms with E-state index >= 15 is 0 Å². The van der Waals surface area contributed by atoms with Crippen LogP contribution in [0.15, 0.2) is 34.8 Å². The molecule has 0 atom stereocenters. The van der Waals surface area contributed by atoms with Crippen LogP contribution < -0.4 is 5.73 Å². The number of H-pyrrole nitrogens is 1. The van der Waals surface area contributed by atoms with Crippen molar-refractivity contribution in [1.82, 2.24) is 9.29 Å². The number of amides is 1. The lowest BCUT2D eigenvalue weighted by atomic mass is 9.89. The lowest BCUT2D eigenvalue weighted by Crippen LogP contribution is -2.36. The van der Waals surface area contributed by atoms with Gasteiger partial charge >= 0.3 is 0 Å². The van der Waals surface area contributed by atoms with Crippen LogP contribution in [0.25, 0.3) is 10.9 Å². The van der Waals surface area contributed by atoms with E-state index in [-0.39, 0.29) is 18.2 Å². The first-order valence-corrected chi connectivity index (χ1v) is 10.3. The zero-order valence-electron chi connectivity index (χ0n) is 13.7. The van der Waals surface area contributed by atoms with Gasteiger partial charge in [0.2, 0.25) is 15.9 Å². The number of rotatable bonds is 5. The maximum atomic E-state index is 11.9. The van der Waals surface area contributed by atoms with Gasteiger partial charge in [-0.3, -0.25) is 4.79 Å². The predicted octanol–water partition coefficient (Wildman–Crippen LogP) is 2.61. The molecule has 0 unspecified atom stereocenters. The third-order valence-corrected chi connectivity index (χ3v) is 6.66. The Morgan fingerprint density at radius 3 is 2.68 bits per heavy atom. The van der Waals surface area contributed by atoms with E-state index in [9.17, 15) is 13.2 Å². The van der Waals surface area contributed by atoms with Crippen LogP contribution in [0, 0.1) is 0 Å². The number of nitrogens with one attached hydrogen (secondary N) is 1. The zero-order chi connectivity index (χ0) is 18.2. The molecule has 0 spiro atoms. The van der Waals surface area contributed by atoms with Crippen LogP contribution in [0.2, 0.25) is 0 Å². The van der Waals surface area contributed by atoms with Crippen molar-refractivity contribution >= 4 is 42.8 Å². The summed E-state index contributed by atoms with van der Waals surface area (Å²) >= 11 is 3.50. The number of piperidine rings is 1.